The predicted molar refractivity (Wildman–Crippen MR) is 68.8 cm³/mol. The SMILES string of the molecule is O=S(=O)(Cl)c1cccnc1Oc1ccc(C(F)(F)F)cc1. The molecule has 2 aromatic rings. The summed E-state index contributed by atoms with van der Waals surface area (Å²) in [5.41, 5.74) is -0.846. The summed E-state index contributed by atoms with van der Waals surface area (Å²) in [6.07, 6.45) is -3.20. The summed E-state index contributed by atoms with van der Waals surface area (Å²) in [6.45, 7) is 0. The molecule has 0 fully saturated rings. The van der Waals surface area contributed by atoms with Gasteiger partial charge in [0.15, 0.2) is 0 Å². The lowest BCUT2D eigenvalue weighted by atomic mass is 10.2. The van der Waals surface area contributed by atoms with E-state index in [-0.39, 0.29) is 16.5 Å². The number of halogens is 4. The zero-order chi connectivity index (χ0) is 15.7. The molecular formula is C12H7ClF3NO3S. The highest BCUT2D eigenvalue weighted by molar-refractivity contribution is 8.13. The number of rotatable bonds is 3. The van der Waals surface area contributed by atoms with E-state index in [1.807, 2.05) is 0 Å². The summed E-state index contributed by atoms with van der Waals surface area (Å²) >= 11 is 0. The first-order chi connectivity index (χ1) is 9.68. The van der Waals surface area contributed by atoms with E-state index in [0.717, 1.165) is 24.3 Å². The fourth-order valence-electron chi connectivity index (χ4n) is 1.46. The Kier molecular flexibility index (Phi) is 4.11. The first-order valence-electron chi connectivity index (χ1n) is 5.43. The Morgan fingerprint density at radius 3 is 2.24 bits per heavy atom. The van der Waals surface area contributed by atoms with Gasteiger partial charge in [-0.05, 0) is 36.4 Å². The normalized spacial score (nSPS) is 12.2. The molecule has 112 valence electrons. The molecule has 1 aromatic heterocycles. The monoisotopic (exact) mass is 337 g/mol. The van der Waals surface area contributed by atoms with Crippen LogP contribution in [0.3, 0.4) is 0 Å². The molecule has 0 unspecified atom stereocenters. The average Bonchev–Trinajstić information content (AvgIpc) is 2.37. The van der Waals surface area contributed by atoms with Gasteiger partial charge in [0, 0.05) is 16.9 Å². The van der Waals surface area contributed by atoms with Crippen molar-refractivity contribution in [1.29, 1.82) is 0 Å². The van der Waals surface area contributed by atoms with Gasteiger partial charge in [0.2, 0.25) is 5.88 Å². The van der Waals surface area contributed by atoms with Gasteiger partial charge in [-0.1, -0.05) is 0 Å². The summed E-state index contributed by atoms with van der Waals surface area (Å²) < 4.78 is 65.1. The molecule has 4 nitrogen and oxygen atoms in total. The van der Waals surface area contributed by atoms with E-state index in [2.05, 4.69) is 4.98 Å². The van der Waals surface area contributed by atoms with Crippen LogP contribution in [0.15, 0.2) is 47.5 Å². The van der Waals surface area contributed by atoms with Crippen LogP contribution >= 0.6 is 10.7 Å². The number of benzene rings is 1. The molecule has 0 N–H and O–H groups in total. The smallest absolute Gasteiger partial charge is 0.416 e. The maximum Gasteiger partial charge on any atom is 0.416 e. The third-order valence-electron chi connectivity index (χ3n) is 2.40. The molecule has 0 saturated carbocycles. The standard InChI is InChI=1S/C12H7ClF3NO3S/c13-21(18,19)10-2-1-7-17-11(10)20-9-5-3-8(4-6-9)12(14,15)16/h1-7H. The van der Waals surface area contributed by atoms with E-state index in [0.29, 0.717) is 0 Å². The number of alkyl halides is 3. The highest BCUT2D eigenvalue weighted by Crippen LogP contribution is 2.32. The predicted octanol–water partition coefficient (Wildman–Crippen LogP) is 3.82. The highest BCUT2D eigenvalue weighted by Gasteiger charge is 2.30. The van der Waals surface area contributed by atoms with Gasteiger partial charge in [0.1, 0.15) is 10.6 Å². The van der Waals surface area contributed by atoms with E-state index < -0.39 is 20.8 Å². The van der Waals surface area contributed by atoms with Gasteiger partial charge in [-0.25, -0.2) is 13.4 Å². The van der Waals surface area contributed by atoms with E-state index in [9.17, 15) is 21.6 Å². The first-order valence-corrected chi connectivity index (χ1v) is 7.73. The van der Waals surface area contributed by atoms with Crippen molar-refractivity contribution in [3.05, 3.63) is 48.2 Å². The number of hydrogen-bond acceptors (Lipinski definition) is 4. The lowest BCUT2D eigenvalue weighted by Crippen LogP contribution is -2.04. The van der Waals surface area contributed by atoms with Gasteiger partial charge < -0.3 is 4.74 Å². The van der Waals surface area contributed by atoms with Crippen LogP contribution < -0.4 is 4.74 Å². The van der Waals surface area contributed by atoms with Crippen molar-refractivity contribution in [1.82, 2.24) is 4.98 Å². The third-order valence-corrected chi connectivity index (χ3v) is 3.73. The minimum absolute atomic E-state index is 0.00302. The van der Waals surface area contributed by atoms with Crippen LogP contribution in [-0.4, -0.2) is 13.4 Å². The van der Waals surface area contributed by atoms with E-state index in [1.54, 1.807) is 0 Å². The lowest BCUT2D eigenvalue weighted by molar-refractivity contribution is -0.137. The van der Waals surface area contributed by atoms with Crippen LogP contribution in [0.2, 0.25) is 0 Å². The minimum Gasteiger partial charge on any atom is -0.438 e. The molecule has 0 aliphatic carbocycles. The van der Waals surface area contributed by atoms with Gasteiger partial charge >= 0.3 is 6.18 Å². The van der Waals surface area contributed by atoms with Crippen molar-refractivity contribution < 1.29 is 26.3 Å². The van der Waals surface area contributed by atoms with Gasteiger partial charge in [0.05, 0.1) is 5.56 Å². The molecular weight excluding hydrogens is 331 g/mol. The second kappa shape index (κ2) is 5.53. The maximum atomic E-state index is 12.4. The molecule has 1 heterocycles. The minimum atomic E-state index is -4.46. The Morgan fingerprint density at radius 2 is 1.71 bits per heavy atom. The summed E-state index contributed by atoms with van der Waals surface area (Å²) in [6, 6.07) is 6.26. The van der Waals surface area contributed by atoms with Crippen LogP contribution in [0.25, 0.3) is 0 Å². The van der Waals surface area contributed by atoms with Crippen molar-refractivity contribution in [2.24, 2.45) is 0 Å². The summed E-state index contributed by atoms with van der Waals surface area (Å²) in [5.74, 6) is -0.310. The van der Waals surface area contributed by atoms with Crippen LogP contribution in [0.1, 0.15) is 5.56 Å². The lowest BCUT2D eigenvalue weighted by Gasteiger charge is -2.09. The van der Waals surface area contributed by atoms with E-state index >= 15 is 0 Å². The van der Waals surface area contributed by atoms with Gasteiger partial charge in [-0.15, -0.1) is 0 Å². The largest absolute Gasteiger partial charge is 0.438 e. The van der Waals surface area contributed by atoms with Crippen molar-refractivity contribution in [3.63, 3.8) is 0 Å². The number of pyridine rings is 1. The Hall–Kier alpha value is -1.80. The number of aromatic nitrogens is 1. The van der Waals surface area contributed by atoms with Gasteiger partial charge in [0.25, 0.3) is 9.05 Å². The fourth-order valence-corrected chi connectivity index (χ4v) is 2.36. The molecule has 0 radical (unpaired) electrons. The van der Waals surface area contributed by atoms with Gasteiger partial charge in [-0.2, -0.15) is 13.2 Å². The highest BCUT2D eigenvalue weighted by atomic mass is 35.7. The number of nitrogens with zero attached hydrogens (tertiary/aromatic N) is 1. The maximum absolute atomic E-state index is 12.4. The number of ether oxygens (including phenoxy) is 1. The van der Waals surface area contributed by atoms with Crippen LogP contribution in [0.5, 0.6) is 11.6 Å². The molecule has 0 aliphatic heterocycles. The molecule has 0 saturated heterocycles. The van der Waals surface area contributed by atoms with E-state index in [1.165, 1.54) is 18.3 Å². The molecule has 0 spiro atoms. The summed E-state index contributed by atoms with van der Waals surface area (Å²) in [5, 5.41) is 0. The van der Waals surface area contributed by atoms with Crippen LogP contribution in [0, 0.1) is 0 Å². The molecule has 9 heteroatoms. The fraction of sp³-hybridized carbons (Fsp3) is 0.0833. The first kappa shape index (κ1) is 15.6. The van der Waals surface area contributed by atoms with Gasteiger partial charge in [-0.3, -0.25) is 0 Å². The van der Waals surface area contributed by atoms with E-state index in [4.69, 9.17) is 15.4 Å². The summed E-state index contributed by atoms with van der Waals surface area (Å²) in [7, 11) is 1.14. The number of hydrogen-bond donors (Lipinski definition) is 0. The Morgan fingerprint density at radius 1 is 1.10 bits per heavy atom. The Balaban J connectivity index is 2.32. The Labute approximate surface area is 122 Å². The molecule has 2 rings (SSSR count). The topological polar surface area (TPSA) is 56.3 Å². The van der Waals surface area contributed by atoms with Crippen molar-refractivity contribution in [2.45, 2.75) is 11.1 Å². The zero-order valence-corrected chi connectivity index (χ0v) is 11.7. The molecule has 0 aliphatic rings. The molecule has 1 aromatic carbocycles. The quantitative estimate of drug-likeness (QED) is 0.799. The van der Waals surface area contributed by atoms with Crippen LogP contribution in [0.4, 0.5) is 13.2 Å². The van der Waals surface area contributed by atoms with Crippen molar-refractivity contribution in [3.8, 4) is 11.6 Å². The summed E-state index contributed by atoms with van der Waals surface area (Å²) in [4.78, 5) is 3.33. The molecule has 0 amide bonds. The van der Waals surface area contributed by atoms with Crippen LogP contribution in [-0.2, 0) is 15.2 Å². The zero-order valence-electron chi connectivity index (χ0n) is 10.1. The van der Waals surface area contributed by atoms with Crippen molar-refractivity contribution in [2.75, 3.05) is 0 Å². The molecule has 21 heavy (non-hydrogen) atoms. The molecule has 0 bridgehead atoms. The third kappa shape index (κ3) is 3.85. The average molecular weight is 338 g/mol. The second-order valence-corrected chi connectivity index (χ2v) is 6.40. The van der Waals surface area contributed by atoms with Crippen molar-refractivity contribution >= 4 is 19.7 Å². The molecule has 0 atom stereocenters. The Bertz CT molecular complexity index is 745. The second-order valence-electron chi connectivity index (χ2n) is 3.87.